The number of aryl methyl sites for hydroxylation is 2. The number of hydrogen-bond donors (Lipinski definition) is 2. The van der Waals surface area contributed by atoms with Crippen molar-refractivity contribution in [1.82, 2.24) is 14.9 Å². The lowest BCUT2D eigenvalue weighted by Crippen LogP contribution is -2.44. The number of carbonyl (C=O) groups is 1. The number of thiazole rings is 1. The van der Waals surface area contributed by atoms with Crippen molar-refractivity contribution >= 4 is 28.1 Å². The number of rotatable bonds is 5. The van der Waals surface area contributed by atoms with Gasteiger partial charge in [0.1, 0.15) is 0 Å². The third-order valence-electron chi connectivity index (χ3n) is 6.30. The summed E-state index contributed by atoms with van der Waals surface area (Å²) in [6.07, 6.45) is 8.84. The molecular formula is C23H32N4O2S. The van der Waals surface area contributed by atoms with E-state index in [2.05, 4.69) is 16.4 Å². The Kier molecular flexibility index (Phi) is 6.39. The number of piperidine rings is 1. The molecule has 0 unspecified atom stereocenters. The van der Waals surface area contributed by atoms with Gasteiger partial charge in [0, 0.05) is 47.2 Å². The molecule has 162 valence electrons. The number of likely N-dealkylation sites (tertiary alicyclic amines) is 1. The first-order chi connectivity index (χ1) is 14.4. The lowest BCUT2D eigenvalue weighted by Gasteiger charge is -2.37. The third kappa shape index (κ3) is 5.19. The number of hydrogen-bond acceptors (Lipinski definition) is 6. The Morgan fingerprint density at radius 2 is 2.07 bits per heavy atom. The summed E-state index contributed by atoms with van der Waals surface area (Å²) in [5.41, 5.74) is 2.18. The van der Waals surface area contributed by atoms with E-state index in [1.54, 1.807) is 11.3 Å². The van der Waals surface area contributed by atoms with Crippen LogP contribution in [0.1, 0.15) is 73.5 Å². The molecule has 1 saturated heterocycles. The summed E-state index contributed by atoms with van der Waals surface area (Å²) in [5, 5.41) is 15.1. The maximum Gasteiger partial charge on any atom is 0.225 e. The van der Waals surface area contributed by atoms with Crippen molar-refractivity contribution in [2.45, 2.75) is 76.7 Å². The number of aromatic nitrogens is 2. The zero-order valence-electron chi connectivity index (χ0n) is 18.0. The molecule has 0 aromatic carbocycles. The van der Waals surface area contributed by atoms with Gasteiger partial charge in [-0.2, -0.15) is 0 Å². The highest BCUT2D eigenvalue weighted by atomic mass is 32.1. The number of carbonyl (C=O) groups excluding carboxylic acids is 1. The summed E-state index contributed by atoms with van der Waals surface area (Å²) in [4.78, 5) is 25.2. The Labute approximate surface area is 182 Å². The SMILES string of the molecule is Cc1cc(Nc2ncc(C)s2)cc([C@@H]2CCCN(C(=O)CC3(O)CCCCC3)C2)n1. The van der Waals surface area contributed by atoms with E-state index in [0.29, 0.717) is 6.54 Å². The Hall–Kier alpha value is -1.99. The van der Waals surface area contributed by atoms with Gasteiger partial charge >= 0.3 is 0 Å². The molecule has 2 aromatic rings. The molecule has 1 saturated carbocycles. The molecule has 0 spiro atoms. The molecule has 1 aliphatic carbocycles. The van der Waals surface area contributed by atoms with Crippen molar-refractivity contribution in [2.75, 3.05) is 18.4 Å². The Morgan fingerprint density at radius 3 is 2.80 bits per heavy atom. The van der Waals surface area contributed by atoms with Crippen LogP contribution in [0.3, 0.4) is 0 Å². The highest BCUT2D eigenvalue weighted by molar-refractivity contribution is 7.15. The average Bonchev–Trinajstić information content (AvgIpc) is 3.12. The molecule has 7 heteroatoms. The molecule has 1 aliphatic heterocycles. The van der Waals surface area contributed by atoms with E-state index in [0.717, 1.165) is 73.7 Å². The molecule has 2 N–H and O–H groups in total. The van der Waals surface area contributed by atoms with Gasteiger partial charge in [-0.1, -0.05) is 19.3 Å². The fourth-order valence-electron chi connectivity index (χ4n) is 4.74. The summed E-state index contributed by atoms with van der Waals surface area (Å²) in [6.45, 7) is 5.51. The molecular weight excluding hydrogens is 396 g/mol. The zero-order valence-corrected chi connectivity index (χ0v) is 18.8. The minimum absolute atomic E-state index is 0.0911. The Balaban J connectivity index is 1.44. The zero-order chi connectivity index (χ0) is 21.1. The lowest BCUT2D eigenvalue weighted by atomic mass is 9.82. The minimum Gasteiger partial charge on any atom is -0.389 e. The summed E-state index contributed by atoms with van der Waals surface area (Å²) >= 11 is 1.63. The van der Waals surface area contributed by atoms with Crippen LogP contribution in [0.15, 0.2) is 18.3 Å². The number of aliphatic hydroxyl groups is 1. The molecule has 1 amide bonds. The first-order valence-electron chi connectivity index (χ1n) is 11.1. The van der Waals surface area contributed by atoms with Crippen LogP contribution in [0.4, 0.5) is 10.8 Å². The predicted molar refractivity (Wildman–Crippen MR) is 120 cm³/mol. The fraction of sp³-hybridized carbons (Fsp3) is 0.609. The van der Waals surface area contributed by atoms with Crippen molar-refractivity contribution in [3.8, 4) is 0 Å². The van der Waals surface area contributed by atoms with E-state index in [1.807, 2.05) is 31.0 Å². The van der Waals surface area contributed by atoms with Gasteiger partial charge in [0.05, 0.1) is 12.0 Å². The highest BCUT2D eigenvalue weighted by Crippen LogP contribution is 2.33. The van der Waals surface area contributed by atoms with E-state index in [9.17, 15) is 9.90 Å². The van der Waals surface area contributed by atoms with E-state index in [1.165, 1.54) is 4.88 Å². The molecule has 2 fully saturated rings. The van der Waals surface area contributed by atoms with Crippen LogP contribution in [0.25, 0.3) is 0 Å². The summed E-state index contributed by atoms with van der Waals surface area (Å²) in [6, 6.07) is 4.13. The molecule has 2 aliphatic rings. The quantitative estimate of drug-likeness (QED) is 0.722. The van der Waals surface area contributed by atoms with Gasteiger partial charge in [-0.15, -0.1) is 11.3 Å². The summed E-state index contributed by atoms with van der Waals surface area (Å²) in [7, 11) is 0. The van der Waals surface area contributed by atoms with E-state index in [4.69, 9.17) is 4.98 Å². The van der Waals surface area contributed by atoms with Crippen LogP contribution in [0.2, 0.25) is 0 Å². The molecule has 2 aromatic heterocycles. The van der Waals surface area contributed by atoms with E-state index < -0.39 is 5.60 Å². The molecule has 0 radical (unpaired) electrons. The Bertz CT molecular complexity index is 891. The minimum atomic E-state index is -0.799. The third-order valence-corrected chi connectivity index (χ3v) is 7.13. The first kappa shape index (κ1) is 21.2. The second kappa shape index (κ2) is 9.02. The fourth-order valence-corrected chi connectivity index (χ4v) is 5.42. The van der Waals surface area contributed by atoms with Crippen LogP contribution in [-0.4, -0.2) is 44.6 Å². The smallest absolute Gasteiger partial charge is 0.225 e. The van der Waals surface area contributed by atoms with Gasteiger partial charge in [-0.05, 0) is 51.7 Å². The predicted octanol–water partition coefficient (Wildman–Crippen LogP) is 4.69. The van der Waals surface area contributed by atoms with Crippen LogP contribution in [-0.2, 0) is 4.79 Å². The maximum absolute atomic E-state index is 13.0. The maximum atomic E-state index is 13.0. The molecule has 3 heterocycles. The number of nitrogens with zero attached hydrogens (tertiary/aromatic N) is 3. The van der Waals surface area contributed by atoms with Gasteiger partial charge in [-0.3, -0.25) is 9.78 Å². The number of pyridine rings is 1. The lowest BCUT2D eigenvalue weighted by molar-refractivity contribution is -0.139. The van der Waals surface area contributed by atoms with Crippen LogP contribution in [0, 0.1) is 13.8 Å². The van der Waals surface area contributed by atoms with Gasteiger partial charge in [0.15, 0.2) is 5.13 Å². The second-order valence-corrected chi connectivity index (χ2v) is 10.2. The van der Waals surface area contributed by atoms with Crippen molar-refractivity contribution in [3.63, 3.8) is 0 Å². The molecule has 1 atom stereocenters. The van der Waals surface area contributed by atoms with Crippen molar-refractivity contribution < 1.29 is 9.90 Å². The van der Waals surface area contributed by atoms with Gasteiger partial charge in [0.2, 0.25) is 5.91 Å². The Morgan fingerprint density at radius 1 is 1.27 bits per heavy atom. The average molecular weight is 429 g/mol. The number of amides is 1. The summed E-state index contributed by atoms with van der Waals surface area (Å²) in [5.74, 6) is 0.315. The molecule has 4 rings (SSSR count). The highest BCUT2D eigenvalue weighted by Gasteiger charge is 2.35. The first-order valence-corrected chi connectivity index (χ1v) is 11.9. The van der Waals surface area contributed by atoms with E-state index >= 15 is 0 Å². The van der Waals surface area contributed by atoms with Gasteiger partial charge in [-0.25, -0.2) is 4.98 Å². The molecule has 0 bridgehead atoms. The number of anilines is 2. The topological polar surface area (TPSA) is 78.4 Å². The van der Waals surface area contributed by atoms with Crippen LogP contribution < -0.4 is 5.32 Å². The largest absolute Gasteiger partial charge is 0.389 e. The summed E-state index contributed by atoms with van der Waals surface area (Å²) < 4.78 is 0. The van der Waals surface area contributed by atoms with E-state index in [-0.39, 0.29) is 18.2 Å². The van der Waals surface area contributed by atoms with Crippen molar-refractivity contribution in [3.05, 3.63) is 34.6 Å². The van der Waals surface area contributed by atoms with Crippen LogP contribution >= 0.6 is 11.3 Å². The second-order valence-electron chi connectivity index (χ2n) is 8.96. The monoisotopic (exact) mass is 428 g/mol. The normalized spacial score (nSPS) is 21.4. The molecule has 6 nitrogen and oxygen atoms in total. The van der Waals surface area contributed by atoms with Gasteiger partial charge in [0.25, 0.3) is 0 Å². The van der Waals surface area contributed by atoms with Crippen LogP contribution in [0.5, 0.6) is 0 Å². The van der Waals surface area contributed by atoms with Gasteiger partial charge < -0.3 is 15.3 Å². The standard InChI is InChI=1S/C23H32N4O2S/c1-16-11-19(26-22-24-14-17(2)30-22)12-20(25-16)18-7-6-10-27(15-18)21(28)13-23(29)8-4-3-5-9-23/h11-12,14,18,29H,3-10,13,15H2,1-2H3,(H,24,25,26)/t18-/m1/s1. The number of nitrogens with one attached hydrogen (secondary N) is 1. The molecule has 30 heavy (non-hydrogen) atoms. The van der Waals surface area contributed by atoms with Crippen molar-refractivity contribution in [2.24, 2.45) is 0 Å². The van der Waals surface area contributed by atoms with Crippen molar-refractivity contribution in [1.29, 1.82) is 0 Å².